The summed E-state index contributed by atoms with van der Waals surface area (Å²) in [6.45, 7) is 0. The van der Waals surface area contributed by atoms with E-state index < -0.39 is 11.9 Å². The Bertz CT molecular complexity index is 641. The van der Waals surface area contributed by atoms with Crippen LogP contribution in [0.3, 0.4) is 0 Å². The van der Waals surface area contributed by atoms with Gasteiger partial charge in [0.1, 0.15) is 0 Å². The topological polar surface area (TPSA) is 98.7 Å². The maximum absolute atomic E-state index is 11.1. The standard InChI is InChI=1S/C14H12N2O4/c17-13(18)9-6-7-11(14(19)20)12(8-9)16-15-10-4-2-1-3-5-10/h1-8,15-16H,(H,17,18)(H,19,20). The fraction of sp³-hybridized carbons (Fsp3) is 0. The van der Waals surface area contributed by atoms with Crippen LogP contribution >= 0.6 is 0 Å². The zero-order valence-electron chi connectivity index (χ0n) is 10.3. The van der Waals surface area contributed by atoms with Crippen LogP contribution in [0.2, 0.25) is 0 Å². The zero-order chi connectivity index (χ0) is 14.5. The molecule has 2 rings (SSSR count). The highest BCUT2D eigenvalue weighted by molar-refractivity contribution is 5.97. The Hall–Kier alpha value is -3.02. The van der Waals surface area contributed by atoms with Crippen LogP contribution in [0.15, 0.2) is 48.5 Å². The van der Waals surface area contributed by atoms with Gasteiger partial charge in [-0.3, -0.25) is 5.43 Å². The molecule has 0 aliphatic carbocycles. The van der Waals surface area contributed by atoms with Gasteiger partial charge in [-0.2, -0.15) is 0 Å². The Morgan fingerprint density at radius 2 is 1.55 bits per heavy atom. The predicted molar refractivity (Wildman–Crippen MR) is 74.0 cm³/mol. The second-order valence-corrected chi connectivity index (χ2v) is 3.99. The lowest BCUT2D eigenvalue weighted by atomic mass is 10.1. The molecule has 6 heteroatoms. The van der Waals surface area contributed by atoms with Crippen LogP contribution in [0.4, 0.5) is 11.4 Å². The summed E-state index contributed by atoms with van der Waals surface area (Å²) < 4.78 is 0. The van der Waals surface area contributed by atoms with E-state index in [9.17, 15) is 9.59 Å². The first kappa shape index (κ1) is 13.4. The molecular formula is C14H12N2O4. The molecule has 0 aromatic heterocycles. The number of aromatic carboxylic acids is 2. The molecule has 0 atom stereocenters. The van der Waals surface area contributed by atoms with Crippen LogP contribution in [0.1, 0.15) is 20.7 Å². The molecule has 102 valence electrons. The van der Waals surface area contributed by atoms with E-state index in [-0.39, 0.29) is 16.8 Å². The smallest absolute Gasteiger partial charge is 0.337 e. The van der Waals surface area contributed by atoms with Crippen molar-refractivity contribution in [1.82, 2.24) is 0 Å². The van der Waals surface area contributed by atoms with E-state index in [1.807, 2.05) is 18.2 Å². The third-order valence-electron chi connectivity index (χ3n) is 2.61. The van der Waals surface area contributed by atoms with Gasteiger partial charge in [0.05, 0.1) is 22.5 Å². The van der Waals surface area contributed by atoms with Crippen molar-refractivity contribution in [3.05, 3.63) is 59.7 Å². The summed E-state index contributed by atoms with van der Waals surface area (Å²) in [5.41, 5.74) is 6.43. The number of benzene rings is 2. The highest BCUT2D eigenvalue weighted by atomic mass is 16.4. The SMILES string of the molecule is O=C(O)c1ccc(C(=O)O)c(NNc2ccccc2)c1. The van der Waals surface area contributed by atoms with Crippen LogP contribution in [-0.4, -0.2) is 22.2 Å². The molecule has 0 aliphatic heterocycles. The monoisotopic (exact) mass is 272 g/mol. The van der Waals surface area contributed by atoms with Crippen molar-refractivity contribution in [3.63, 3.8) is 0 Å². The van der Waals surface area contributed by atoms with E-state index >= 15 is 0 Å². The molecule has 20 heavy (non-hydrogen) atoms. The first-order chi connectivity index (χ1) is 9.58. The minimum atomic E-state index is -1.14. The molecular weight excluding hydrogens is 260 g/mol. The van der Waals surface area contributed by atoms with Crippen molar-refractivity contribution in [2.45, 2.75) is 0 Å². The van der Waals surface area contributed by atoms with Crippen LogP contribution in [0.5, 0.6) is 0 Å². The number of para-hydroxylation sites is 1. The number of carboxylic acids is 2. The molecule has 0 bridgehead atoms. The van der Waals surface area contributed by atoms with Gasteiger partial charge in [-0.1, -0.05) is 18.2 Å². The molecule has 0 saturated heterocycles. The second kappa shape index (κ2) is 5.75. The molecule has 0 spiro atoms. The Kier molecular flexibility index (Phi) is 3.85. The van der Waals surface area contributed by atoms with Gasteiger partial charge in [-0.25, -0.2) is 9.59 Å². The number of carbonyl (C=O) groups is 2. The molecule has 0 radical (unpaired) electrons. The van der Waals surface area contributed by atoms with Crippen LogP contribution < -0.4 is 10.9 Å². The maximum atomic E-state index is 11.1. The van der Waals surface area contributed by atoms with E-state index in [0.717, 1.165) is 5.69 Å². The van der Waals surface area contributed by atoms with Gasteiger partial charge in [0.2, 0.25) is 0 Å². The molecule has 2 aromatic carbocycles. The number of rotatable bonds is 5. The molecule has 0 saturated carbocycles. The fourth-order valence-corrected chi connectivity index (χ4v) is 1.63. The number of nitrogens with one attached hydrogen (secondary N) is 2. The summed E-state index contributed by atoms with van der Waals surface area (Å²) in [4.78, 5) is 22.0. The van der Waals surface area contributed by atoms with Crippen molar-refractivity contribution in [1.29, 1.82) is 0 Å². The van der Waals surface area contributed by atoms with Gasteiger partial charge in [-0.05, 0) is 30.3 Å². The second-order valence-electron chi connectivity index (χ2n) is 3.99. The summed E-state index contributed by atoms with van der Waals surface area (Å²) in [6.07, 6.45) is 0. The van der Waals surface area contributed by atoms with Gasteiger partial charge in [0.25, 0.3) is 0 Å². The fourth-order valence-electron chi connectivity index (χ4n) is 1.63. The van der Waals surface area contributed by atoms with Crippen LogP contribution in [0, 0.1) is 0 Å². The Morgan fingerprint density at radius 3 is 2.15 bits per heavy atom. The van der Waals surface area contributed by atoms with Crippen molar-refractivity contribution in [2.24, 2.45) is 0 Å². The summed E-state index contributed by atoms with van der Waals surface area (Å²) in [7, 11) is 0. The third kappa shape index (κ3) is 3.05. The summed E-state index contributed by atoms with van der Waals surface area (Å²) in [6, 6.07) is 12.8. The molecule has 0 amide bonds. The molecule has 6 nitrogen and oxygen atoms in total. The van der Waals surface area contributed by atoms with E-state index in [1.54, 1.807) is 12.1 Å². The van der Waals surface area contributed by atoms with Crippen molar-refractivity contribution < 1.29 is 19.8 Å². The average molecular weight is 272 g/mol. The molecule has 0 fully saturated rings. The van der Waals surface area contributed by atoms with Crippen molar-refractivity contribution >= 4 is 23.3 Å². The lowest BCUT2D eigenvalue weighted by Gasteiger charge is -2.12. The number of carboxylic acid groups (broad SMARTS) is 2. The van der Waals surface area contributed by atoms with Crippen LogP contribution in [-0.2, 0) is 0 Å². The normalized spacial score (nSPS) is 9.80. The van der Waals surface area contributed by atoms with Crippen molar-refractivity contribution in [2.75, 3.05) is 10.9 Å². The predicted octanol–water partition coefficient (Wildman–Crippen LogP) is 2.52. The molecule has 0 heterocycles. The summed E-state index contributed by atoms with van der Waals surface area (Å²) in [5, 5.41) is 18.0. The molecule has 4 N–H and O–H groups in total. The highest BCUT2D eigenvalue weighted by Gasteiger charge is 2.13. The van der Waals surface area contributed by atoms with Gasteiger partial charge < -0.3 is 15.6 Å². The van der Waals surface area contributed by atoms with Gasteiger partial charge in [0.15, 0.2) is 0 Å². The van der Waals surface area contributed by atoms with Crippen LogP contribution in [0.25, 0.3) is 0 Å². The van der Waals surface area contributed by atoms with Gasteiger partial charge in [0, 0.05) is 0 Å². The minimum Gasteiger partial charge on any atom is -0.478 e. The van der Waals surface area contributed by atoms with Crippen molar-refractivity contribution in [3.8, 4) is 0 Å². The van der Waals surface area contributed by atoms with Gasteiger partial charge >= 0.3 is 11.9 Å². The third-order valence-corrected chi connectivity index (χ3v) is 2.61. The highest BCUT2D eigenvalue weighted by Crippen LogP contribution is 2.19. The molecule has 0 unspecified atom stereocenters. The Balaban J connectivity index is 2.26. The van der Waals surface area contributed by atoms with E-state index in [2.05, 4.69) is 10.9 Å². The molecule has 0 aliphatic rings. The lowest BCUT2D eigenvalue weighted by molar-refractivity contribution is 0.0682. The number of hydrazine groups is 1. The Labute approximate surface area is 114 Å². The summed E-state index contributed by atoms with van der Waals surface area (Å²) >= 11 is 0. The van der Waals surface area contributed by atoms with E-state index in [1.165, 1.54) is 18.2 Å². The minimum absolute atomic E-state index is 0.00682. The van der Waals surface area contributed by atoms with E-state index in [0.29, 0.717) is 0 Å². The first-order valence-electron chi connectivity index (χ1n) is 5.75. The first-order valence-corrected chi connectivity index (χ1v) is 5.75. The molecule has 2 aromatic rings. The Morgan fingerprint density at radius 1 is 0.850 bits per heavy atom. The quantitative estimate of drug-likeness (QED) is 0.624. The number of hydrogen-bond donors (Lipinski definition) is 4. The maximum Gasteiger partial charge on any atom is 0.337 e. The van der Waals surface area contributed by atoms with Gasteiger partial charge in [-0.15, -0.1) is 0 Å². The number of hydrogen-bond acceptors (Lipinski definition) is 4. The summed E-state index contributed by atoms with van der Waals surface area (Å²) in [5.74, 6) is -2.26. The average Bonchev–Trinajstić information content (AvgIpc) is 2.45. The van der Waals surface area contributed by atoms with E-state index in [4.69, 9.17) is 10.2 Å². The zero-order valence-corrected chi connectivity index (χ0v) is 10.3. The lowest BCUT2D eigenvalue weighted by Crippen LogP contribution is -2.13. The number of anilines is 2. The largest absolute Gasteiger partial charge is 0.478 e.